The van der Waals surface area contributed by atoms with Crippen molar-refractivity contribution in [3.63, 3.8) is 0 Å². The molecule has 0 amide bonds. The van der Waals surface area contributed by atoms with Crippen molar-refractivity contribution in [3.8, 4) is 17.3 Å². The first-order valence-corrected chi connectivity index (χ1v) is 11.5. The number of Topliss-reactive ketones (excluding diaryl/α,β-unsaturated/α-hetero) is 1. The molecule has 1 heterocycles. The lowest BCUT2D eigenvalue weighted by Gasteiger charge is -2.13. The van der Waals surface area contributed by atoms with E-state index in [4.69, 9.17) is 16.7 Å². The van der Waals surface area contributed by atoms with Gasteiger partial charge in [0.25, 0.3) is 0 Å². The molecule has 0 saturated heterocycles. The second kappa shape index (κ2) is 10.8. The summed E-state index contributed by atoms with van der Waals surface area (Å²) in [6, 6.07) is 24.0. The van der Waals surface area contributed by atoms with E-state index in [1.165, 1.54) is 0 Å². The monoisotopic (exact) mass is 483 g/mol. The van der Waals surface area contributed by atoms with Crippen LogP contribution >= 0.6 is 11.6 Å². The SMILES string of the molecule is N#Cc1cc2ccccc2nc1-c1cc(C(=O)CNc2ccccc2CCCC(=O)O)ccc1Cl. The number of anilines is 1. The number of ketones is 1. The first-order valence-electron chi connectivity index (χ1n) is 11.1. The van der Waals surface area contributed by atoms with E-state index in [1.807, 2.05) is 48.5 Å². The van der Waals surface area contributed by atoms with E-state index in [0.29, 0.717) is 40.2 Å². The number of carbonyl (C=O) groups excluding carboxylic acids is 1. The summed E-state index contributed by atoms with van der Waals surface area (Å²) in [5.41, 5.74) is 4.26. The fourth-order valence-electron chi connectivity index (χ4n) is 3.91. The Morgan fingerprint density at radius 1 is 1.03 bits per heavy atom. The zero-order chi connectivity index (χ0) is 24.8. The van der Waals surface area contributed by atoms with E-state index < -0.39 is 5.97 Å². The van der Waals surface area contributed by atoms with Crippen molar-refractivity contribution < 1.29 is 14.7 Å². The molecule has 174 valence electrons. The Balaban J connectivity index is 1.57. The first-order chi connectivity index (χ1) is 17.0. The summed E-state index contributed by atoms with van der Waals surface area (Å²) in [6.07, 6.45) is 1.20. The number of para-hydroxylation sites is 2. The number of hydrogen-bond acceptors (Lipinski definition) is 5. The number of carbonyl (C=O) groups is 2. The van der Waals surface area contributed by atoms with Gasteiger partial charge in [-0.2, -0.15) is 5.26 Å². The number of carboxylic acid groups (broad SMARTS) is 1. The van der Waals surface area contributed by atoms with Crippen LogP contribution in [0.4, 0.5) is 5.69 Å². The number of nitrogens with one attached hydrogen (secondary N) is 1. The van der Waals surface area contributed by atoms with Gasteiger partial charge in [0.2, 0.25) is 0 Å². The molecule has 0 aliphatic heterocycles. The first kappa shape index (κ1) is 23.9. The minimum absolute atomic E-state index is 0.0489. The highest BCUT2D eigenvalue weighted by Gasteiger charge is 2.16. The van der Waals surface area contributed by atoms with Crippen molar-refractivity contribution in [2.45, 2.75) is 19.3 Å². The maximum Gasteiger partial charge on any atom is 0.303 e. The number of hydrogen-bond donors (Lipinski definition) is 2. The van der Waals surface area contributed by atoms with Gasteiger partial charge in [-0.25, -0.2) is 4.98 Å². The van der Waals surface area contributed by atoms with Crippen LogP contribution in [0, 0.1) is 11.3 Å². The third kappa shape index (κ3) is 5.65. The van der Waals surface area contributed by atoms with Crippen molar-refractivity contribution in [2.75, 3.05) is 11.9 Å². The summed E-state index contributed by atoms with van der Waals surface area (Å²) in [5, 5.41) is 23.0. The lowest BCUT2D eigenvalue weighted by atomic mass is 10.00. The number of carboxylic acids is 1. The van der Waals surface area contributed by atoms with Gasteiger partial charge < -0.3 is 10.4 Å². The maximum atomic E-state index is 13.0. The van der Waals surface area contributed by atoms with Gasteiger partial charge >= 0.3 is 5.97 Å². The molecule has 7 heteroatoms. The number of benzene rings is 3. The lowest BCUT2D eigenvalue weighted by molar-refractivity contribution is -0.137. The van der Waals surface area contributed by atoms with Crippen LogP contribution in [-0.4, -0.2) is 28.4 Å². The van der Waals surface area contributed by atoms with Gasteiger partial charge in [0.1, 0.15) is 6.07 Å². The third-order valence-corrected chi connectivity index (χ3v) is 6.01. The molecule has 4 rings (SSSR count). The number of aliphatic carboxylic acids is 1. The van der Waals surface area contributed by atoms with Gasteiger partial charge in [0.05, 0.1) is 28.3 Å². The van der Waals surface area contributed by atoms with Gasteiger partial charge in [0.15, 0.2) is 5.78 Å². The Morgan fingerprint density at radius 3 is 2.60 bits per heavy atom. The Bertz CT molecular complexity index is 1460. The second-order valence-corrected chi connectivity index (χ2v) is 8.47. The predicted octanol–water partition coefficient (Wildman–Crippen LogP) is 6.13. The molecule has 4 aromatic rings. The molecule has 0 aliphatic rings. The molecule has 0 atom stereocenters. The Hall–Kier alpha value is -4.21. The summed E-state index contributed by atoms with van der Waals surface area (Å²) >= 11 is 6.46. The largest absolute Gasteiger partial charge is 0.481 e. The normalized spacial score (nSPS) is 10.6. The summed E-state index contributed by atoms with van der Waals surface area (Å²) in [6.45, 7) is 0.0489. The zero-order valence-electron chi connectivity index (χ0n) is 18.8. The van der Waals surface area contributed by atoms with Gasteiger partial charge in [-0.05, 0) is 54.8 Å². The molecule has 0 spiro atoms. The highest BCUT2D eigenvalue weighted by Crippen LogP contribution is 2.32. The molecular formula is C28H22ClN3O3. The van der Waals surface area contributed by atoms with Crippen molar-refractivity contribution in [1.82, 2.24) is 4.98 Å². The van der Waals surface area contributed by atoms with Crippen molar-refractivity contribution in [3.05, 3.63) is 94.5 Å². The van der Waals surface area contributed by atoms with Crippen LogP contribution < -0.4 is 5.32 Å². The topological polar surface area (TPSA) is 103 Å². The van der Waals surface area contributed by atoms with E-state index >= 15 is 0 Å². The maximum absolute atomic E-state index is 13.0. The summed E-state index contributed by atoms with van der Waals surface area (Å²) in [4.78, 5) is 28.5. The van der Waals surface area contributed by atoms with Crippen LogP contribution in [-0.2, 0) is 11.2 Å². The third-order valence-electron chi connectivity index (χ3n) is 5.68. The number of aryl methyl sites for hydroxylation is 1. The van der Waals surface area contributed by atoms with Crippen LogP contribution in [0.5, 0.6) is 0 Å². The number of rotatable bonds is 9. The van der Waals surface area contributed by atoms with Gasteiger partial charge in [-0.3, -0.25) is 9.59 Å². The summed E-state index contributed by atoms with van der Waals surface area (Å²) < 4.78 is 0. The number of nitriles is 1. The summed E-state index contributed by atoms with van der Waals surface area (Å²) in [7, 11) is 0. The second-order valence-electron chi connectivity index (χ2n) is 8.06. The molecule has 6 nitrogen and oxygen atoms in total. The Labute approximate surface area is 207 Å². The van der Waals surface area contributed by atoms with E-state index in [-0.39, 0.29) is 18.7 Å². The molecule has 0 fully saturated rings. The minimum atomic E-state index is -0.829. The van der Waals surface area contributed by atoms with Gasteiger partial charge in [0, 0.05) is 28.6 Å². The van der Waals surface area contributed by atoms with Crippen molar-refractivity contribution >= 4 is 39.9 Å². The van der Waals surface area contributed by atoms with Crippen molar-refractivity contribution in [1.29, 1.82) is 5.26 Å². The average Bonchev–Trinajstić information content (AvgIpc) is 2.87. The van der Waals surface area contributed by atoms with E-state index in [0.717, 1.165) is 22.2 Å². The van der Waals surface area contributed by atoms with Crippen LogP contribution in [0.2, 0.25) is 5.02 Å². The molecule has 0 unspecified atom stereocenters. The zero-order valence-corrected chi connectivity index (χ0v) is 19.5. The van der Waals surface area contributed by atoms with E-state index in [2.05, 4.69) is 16.4 Å². The van der Waals surface area contributed by atoms with Crippen LogP contribution in [0.25, 0.3) is 22.2 Å². The number of halogens is 1. The van der Waals surface area contributed by atoms with Crippen LogP contribution in [0.3, 0.4) is 0 Å². The van der Waals surface area contributed by atoms with Crippen LogP contribution in [0.15, 0.2) is 72.8 Å². The molecule has 0 aliphatic carbocycles. The number of pyridine rings is 1. The molecule has 1 aromatic heterocycles. The molecule has 2 N–H and O–H groups in total. The smallest absolute Gasteiger partial charge is 0.303 e. The fraction of sp³-hybridized carbons (Fsp3) is 0.143. The predicted molar refractivity (Wildman–Crippen MR) is 137 cm³/mol. The highest BCUT2D eigenvalue weighted by molar-refractivity contribution is 6.33. The minimum Gasteiger partial charge on any atom is -0.481 e. The van der Waals surface area contributed by atoms with Gasteiger partial charge in [-0.1, -0.05) is 48.0 Å². The number of fused-ring (bicyclic) bond motifs is 1. The number of aromatic nitrogens is 1. The fourth-order valence-corrected chi connectivity index (χ4v) is 4.11. The molecule has 0 bridgehead atoms. The molecule has 3 aromatic carbocycles. The van der Waals surface area contributed by atoms with Crippen LogP contribution in [0.1, 0.15) is 34.3 Å². The molecular weight excluding hydrogens is 462 g/mol. The molecule has 35 heavy (non-hydrogen) atoms. The highest BCUT2D eigenvalue weighted by atomic mass is 35.5. The average molecular weight is 484 g/mol. The number of nitrogens with zero attached hydrogens (tertiary/aromatic N) is 2. The Kier molecular flexibility index (Phi) is 7.39. The standard InChI is InChI=1S/C28H22ClN3O3/c29-23-13-12-20(15-22(23)28-21(16-30)14-19-7-2-4-10-25(19)32-28)26(33)17-31-24-9-3-1-6-18(24)8-5-11-27(34)35/h1-4,6-7,9-10,12-15,31H,5,8,11,17H2,(H,34,35). The van der Waals surface area contributed by atoms with Crippen molar-refractivity contribution in [2.24, 2.45) is 0 Å². The van der Waals surface area contributed by atoms with E-state index in [1.54, 1.807) is 24.3 Å². The lowest BCUT2D eigenvalue weighted by Crippen LogP contribution is -2.15. The van der Waals surface area contributed by atoms with E-state index in [9.17, 15) is 14.9 Å². The molecule has 0 saturated carbocycles. The quantitative estimate of drug-likeness (QED) is 0.277. The summed E-state index contributed by atoms with van der Waals surface area (Å²) in [5.74, 6) is -0.979. The Morgan fingerprint density at radius 2 is 1.80 bits per heavy atom. The van der Waals surface area contributed by atoms with Gasteiger partial charge in [-0.15, -0.1) is 0 Å². The molecule has 0 radical (unpaired) electrons.